The molecule has 3 heteroatoms. The summed E-state index contributed by atoms with van der Waals surface area (Å²) in [4.78, 5) is 8.85. The molecule has 0 bridgehead atoms. The minimum atomic E-state index is 0.800. The van der Waals surface area contributed by atoms with E-state index in [4.69, 9.17) is 4.74 Å². The zero-order chi connectivity index (χ0) is 13.1. The van der Waals surface area contributed by atoms with Crippen molar-refractivity contribution < 1.29 is 4.74 Å². The summed E-state index contributed by atoms with van der Waals surface area (Å²) in [5, 5.41) is 1.07. The smallest absolute Gasteiger partial charge is 0.159 e. The second kappa shape index (κ2) is 5.06. The predicted molar refractivity (Wildman–Crippen MR) is 75.3 cm³/mol. The number of ether oxygens (including phenoxy) is 1. The number of aromatic nitrogens is 2. The van der Waals surface area contributed by atoms with Crippen LogP contribution in [0.2, 0.25) is 0 Å². The van der Waals surface area contributed by atoms with Crippen molar-refractivity contribution in [2.24, 2.45) is 0 Å². The Kier molecular flexibility index (Phi) is 3.11. The number of methoxy groups -OCH3 is 1. The van der Waals surface area contributed by atoms with Gasteiger partial charge in [-0.1, -0.05) is 12.1 Å². The second-order valence-electron chi connectivity index (χ2n) is 4.38. The lowest BCUT2D eigenvalue weighted by atomic mass is 10.1. The molecule has 0 atom stereocenters. The molecule has 0 amide bonds. The van der Waals surface area contributed by atoms with Crippen LogP contribution in [-0.4, -0.2) is 17.1 Å². The summed E-state index contributed by atoms with van der Waals surface area (Å²) < 4.78 is 5.15. The first-order valence-corrected chi connectivity index (χ1v) is 6.19. The standard InChI is InChI=1S/C16H14N2O/c1-19-15-8-4-12(5-9-15)11-14-7-6-13-3-2-10-17-16(13)18-14/h2-10H,11H2,1H3. The van der Waals surface area contributed by atoms with Crippen LogP contribution in [0.15, 0.2) is 54.7 Å². The molecule has 0 fully saturated rings. The fourth-order valence-electron chi connectivity index (χ4n) is 2.04. The van der Waals surface area contributed by atoms with E-state index in [9.17, 15) is 0 Å². The second-order valence-corrected chi connectivity index (χ2v) is 4.38. The lowest BCUT2D eigenvalue weighted by molar-refractivity contribution is 0.414. The third-order valence-electron chi connectivity index (χ3n) is 3.07. The molecule has 19 heavy (non-hydrogen) atoms. The van der Waals surface area contributed by atoms with Gasteiger partial charge in [-0.25, -0.2) is 9.97 Å². The quantitative estimate of drug-likeness (QED) is 0.715. The minimum Gasteiger partial charge on any atom is -0.497 e. The molecule has 1 aromatic carbocycles. The van der Waals surface area contributed by atoms with E-state index >= 15 is 0 Å². The van der Waals surface area contributed by atoms with Gasteiger partial charge in [-0.05, 0) is 42.0 Å². The Morgan fingerprint density at radius 2 is 1.84 bits per heavy atom. The number of hydrogen-bond donors (Lipinski definition) is 0. The lowest BCUT2D eigenvalue weighted by Gasteiger charge is -2.04. The van der Waals surface area contributed by atoms with Crippen LogP contribution in [0.3, 0.4) is 0 Å². The van der Waals surface area contributed by atoms with Crippen LogP contribution in [-0.2, 0) is 6.42 Å². The largest absolute Gasteiger partial charge is 0.497 e. The first-order chi connectivity index (χ1) is 9.35. The molecule has 0 aliphatic rings. The average molecular weight is 250 g/mol. The van der Waals surface area contributed by atoms with E-state index in [1.54, 1.807) is 13.3 Å². The van der Waals surface area contributed by atoms with E-state index in [-0.39, 0.29) is 0 Å². The highest BCUT2D eigenvalue weighted by molar-refractivity contribution is 5.74. The summed E-state index contributed by atoms with van der Waals surface area (Å²) in [5.41, 5.74) is 3.04. The van der Waals surface area contributed by atoms with Gasteiger partial charge in [0.1, 0.15) is 5.75 Å². The van der Waals surface area contributed by atoms with Crippen molar-refractivity contribution in [3.63, 3.8) is 0 Å². The van der Waals surface area contributed by atoms with Gasteiger partial charge in [0.2, 0.25) is 0 Å². The van der Waals surface area contributed by atoms with Gasteiger partial charge < -0.3 is 4.74 Å². The van der Waals surface area contributed by atoms with Crippen molar-refractivity contribution in [1.29, 1.82) is 0 Å². The van der Waals surface area contributed by atoms with Gasteiger partial charge in [0.15, 0.2) is 5.65 Å². The normalized spacial score (nSPS) is 10.6. The van der Waals surface area contributed by atoms with Crippen LogP contribution < -0.4 is 4.74 Å². The monoisotopic (exact) mass is 250 g/mol. The highest BCUT2D eigenvalue weighted by atomic mass is 16.5. The maximum atomic E-state index is 5.15. The van der Waals surface area contributed by atoms with Crippen molar-refractivity contribution in [3.8, 4) is 5.75 Å². The third kappa shape index (κ3) is 2.55. The molecule has 0 unspecified atom stereocenters. The Bertz CT molecular complexity index is 692. The van der Waals surface area contributed by atoms with E-state index in [2.05, 4.69) is 28.2 Å². The van der Waals surface area contributed by atoms with Gasteiger partial charge >= 0.3 is 0 Å². The molecule has 0 spiro atoms. The van der Waals surface area contributed by atoms with Crippen LogP contribution >= 0.6 is 0 Å². The van der Waals surface area contributed by atoms with E-state index in [1.807, 2.05) is 30.3 Å². The zero-order valence-electron chi connectivity index (χ0n) is 10.7. The van der Waals surface area contributed by atoms with Crippen molar-refractivity contribution >= 4 is 11.0 Å². The summed E-state index contributed by atoms with van der Waals surface area (Å²) in [7, 11) is 1.67. The summed E-state index contributed by atoms with van der Waals surface area (Å²) >= 11 is 0. The number of fused-ring (bicyclic) bond motifs is 1. The molecule has 3 rings (SSSR count). The molecule has 0 aliphatic carbocycles. The summed E-state index contributed by atoms with van der Waals surface area (Å²) in [6.07, 6.45) is 2.57. The number of hydrogen-bond acceptors (Lipinski definition) is 3. The Balaban J connectivity index is 1.87. The molecule has 3 aromatic rings. The van der Waals surface area contributed by atoms with Gasteiger partial charge in [0, 0.05) is 23.7 Å². The molecule has 0 radical (unpaired) electrons. The van der Waals surface area contributed by atoms with Gasteiger partial charge in [0.25, 0.3) is 0 Å². The van der Waals surface area contributed by atoms with E-state index < -0.39 is 0 Å². The first kappa shape index (κ1) is 11.7. The minimum absolute atomic E-state index is 0.800. The number of rotatable bonds is 3. The van der Waals surface area contributed by atoms with Crippen LogP contribution in [0, 0.1) is 0 Å². The molecule has 3 nitrogen and oxygen atoms in total. The maximum Gasteiger partial charge on any atom is 0.159 e. The summed E-state index contributed by atoms with van der Waals surface area (Å²) in [6, 6.07) is 16.1. The fourth-order valence-corrected chi connectivity index (χ4v) is 2.04. The predicted octanol–water partition coefficient (Wildman–Crippen LogP) is 3.23. The summed E-state index contributed by atoms with van der Waals surface area (Å²) in [6.45, 7) is 0. The molecular weight excluding hydrogens is 236 g/mol. The van der Waals surface area contributed by atoms with E-state index in [0.29, 0.717) is 0 Å². The molecule has 2 heterocycles. The average Bonchev–Trinajstić information content (AvgIpc) is 2.48. The van der Waals surface area contributed by atoms with Crippen molar-refractivity contribution in [3.05, 3.63) is 66.0 Å². The molecular formula is C16H14N2O. The van der Waals surface area contributed by atoms with Crippen molar-refractivity contribution in [2.75, 3.05) is 7.11 Å². The molecule has 0 saturated heterocycles. The van der Waals surface area contributed by atoms with Crippen molar-refractivity contribution in [2.45, 2.75) is 6.42 Å². The Hall–Kier alpha value is -2.42. The van der Waals surface area contributed by atoms with Crippen LogP contribution in [0.1, 0.15) is 11.3 Å². The maximum absolute atomic E-state index is 5.15. The highest BCUT2D eigenvalue weighted by Gasteiger charge is 2.01. The SMILES string of the molecule is COc1ccc(Cc2ccc3cccnc3n2)cc1. The van der Waals surface area contributed by atoms with Gasteiger partial charge in [-0.2, -0.15) is 0 Å². The van der Waals surface area contributed by atoms with E-state index in [0.717, 1.165) is 28.9 Å². The Morgan fingerprint density at radius 3 is 2.63 bits per heavy atom. The molecule has 2 aromatic heterocycles. The van der Waals surface area contributed by atoms with Crippen LogP contribution in [0.4, 0.5) is 0 Å². The Labute approximate surface area is 111 Å². The number of pyridine rings is 2. The van der Waals surface area contributed by atoms with Crippen LogP contribution in [0.5, 0.6) is 5.75 Å². The van der Waals surface area contributed by atoms with Crippen molar-refractivity contribution in [1.82, 2.24) is 9.97 Å². The van der Waals surface area contributed by atoms with Gasteiger partial charge in [0.05, 0.1) is 7.11 Å². The van der Waals surface area contributed by atoms with Gasteiger partial charge in [-0.15, -0.1) is 0 Å². The molecule has 0 N–H and O–H groups in total. The first-order valence-electron chi connectivity index (χ1n) is 6.19. The molecule has 0 aliphatic heterocycles. The molecule has 94 valence electrons. The lowest BCUT2D eigenvalue weighted by Crippen LogP contribution is -1.94. The fraction of sp³-hybridized carbons (Fsp3) is 0.125. The number of nitrogens with zero attached hydrogens (tertiary/aromatic N) is 2. The Morgan fingerprint density at radius 1 is 1.00 bits per heavy atom. The highest BCUT2D eigenvalue weighted by Crippen LogP contribution is 2.15. The third-order valence-corrected chi connectivity index (χ3v) is 3.07. The molecule has 0 saturated carbocycles. The van der Waals surface area contributed by atoms with Crippen LogP contribution in [0.25, 0.3) is 11.0 Å². The van der Waals surface area contributed by atoms with Gasteiger partial charge in [-0.3, -0.25) is 0 Å². The van der Waals surface area contributed by atoms with E-state index in [1.165, 1.54) is 5.56 Å². The topological polar surface area (TPSA) is 35.0 Å². The zero-order valence-corrected chi connectivity index (χ0v) is 10.7. The number of benzene rings is 1. The summed E-state index contributed by atoms with van der Waals surface area (Å²) in [5.74, 6) is 0.872.